The first-order chi connectivity index (χ1) is 12.9. The Morgan fingerprint density at radius 2 is 2.00 bits per heavy atom. The Labute approximate surface area is 169 Å². The molecule has 0 bridgehead atoms. The van der Waals surface area contributed by atoms with Crippen LogP contribution in [-0.4, -0.2) is 60.8 Å². The lowest BCUT2D eigenvalue weighted by Gasteiger charge is -2.27. The van der Waals surface area contributed by atoms with Gasteiger partial charge in [0.25, 0.3) is 0 Å². The second kappa shape index (κ2) is 9.17. The van der Waals surface area contributed by atoms with E-state index in [0.717, 1.165) is 5.56 Å². The first-order valence-corrected chi connectivity index (χ1v) is 10.5. The van der Waals surface area contributed by atoms with Crippen molar-refractivity contribution in [1.82, 2.24) is 0 Å². The number of benzene rings is 1. The molecule has 2 saturated heterocycles. The summed E-state index contributed by atoms with van der Waals surface area (Å²) < 4.78 is 35.9. The molecule has 3 rings (SSSR count). The van der Waals surface area contributed by atoms with Crippen molar-refractivity contribution in [3.63, 3.8) is 0 Å². The van der Waals surface area contributed by atoms with Gasteiger partial charge in [-0.25, -0.2) is 0 Å². The fourth-order valence-electron chi connectivity index (χ4n) is 3.26. The molecule has 27 heavy (non-hydrogen) atoms. The summed E-state index contributed by atoms with van der Waals surface area (Å²) in [6.07, 6.45) is -0.315. The van der Waals surface area contributed by atoms with Gasteiger partial charge in [0.15, 0.2) is 18.2 Å². The molecule has 0 spiro atoms. The van der Waals surface area contributed by atoms with Gasteiger partial charge in [0.05, 0.1) is 13.2 Å². The van der Waals surface area contributed by atoms with E-state index in [4.69, 9.17) is 40.6 Å². The Balaban J connectivity index is 1.78. The first-order valence-electron chi connectivity index (χ1n) is 8.83. The van der Waals surface area contributed by atoms with Crippen LogP contribution in [0.3, 0.4) is 0 Å². The third-order valence-corrected chi connectivity index (χ3v) is 5.55. The molecular formula is C19H26O6S2. The van der Waals surface area contributed by atoms with E-state index in [9.17, 15) is 0 Å². The van der Waals surface area contributed by atoms with E-state index in [0.29, 0.717) is 17.6 Å². The summed E-state index contributed by atoms with van der Waals surface area (Å²) in [5.74, 6) is -0.659. The van der Waals surface area contributed by atoms with Gasteiger partial charge >= 0.3 is 0 Å². The van der Waals surface area contributed by atoms with Crippen LogP contribution in [0.2, 0.25) is 0 Å². The van der Waals surface area contributed by atoms with Crippen LogP contribution < -0.4 is 0 Å². The van der Waals surface area contributed by atoms with Crippen LogP contribution in [0.5, 0.6) is 0 Å². The van der Waals surface area contributed by atoms with Crippen LogP contribution >= 0.6 is 24.0 Å². The Hall–Kier alpha value is -0.740. The van der Waals surface area contributed by atoms with Gasteiger partial charge in [0.1, 0.15) is 18.3 Å². The van der Waals surface area contributed by atoms with Gasteiger partial charge in [0.2, 0.25) is 4.38 Å². The molecule has 6 nitrogen and oxygen atoms in total. The molecule has 0 aromatic heterocycles. The summed E-state index contributed by atoms with van der Waals surface area (Å²) in [5.41, 5.74) is 1.06. The van der Waals surface area contributed by atoms with Crippen molar-refractivity contribution in [1.29, 1.82) is 0 Å². The number of thioether (sulfide) groups is 1. The SMILES string of the molecule is CO[C@@H]1O[C@@H]([C@H]2COC(C)(C)O2)[C@H](OCc2ccccc2)[C@H]1OC(=S)SC. The molecule has 0 aliphatic carbocycles. The predicted molar refractivity (Wildman–Crippen MR) is 107 cm³/mol. The molecule has 0 amide bonds. The molecule has 0 saturated carbocycles. The number of hydrogen-bond donors (Lipinski definition) is 0. The fraction of sp³-hybridized carbons (Fsp3) is 0.632. The summed E-state index contributed by atoms with van der Waals surface area (Å²) in [6, 6.07) is 9.96. The van der Waals surface area contributed by atoms with Crippen LogP contribution in [0, 0.1) is 0 Å². The minimum Gasteiger partial charge on any atom is -0.467 e. The molecule has 5 atom stereocenters. The minimum atomic E-state index is -0.659. The molecule has 150 valence electrons. The molecule has 1 aromatic rings. The molecule has 1 aromatic carbocycles. The third-order valence-electron chi connectivity index (χ3n) is 4.52. The summed E-state index contributed by atoms with van der Waals surface area (Å²) >= 11 is 6.61. The number of rotatable bonds is 6. The van der Waals surface area contributed by atoms with Gasteiger partial charge in [0, 0.05) is 7.11 Å². The molecule has 0 unspecified atom stereocenters. The lowest BCUT2D eigenvalue weighted by atomic mass is 10.1. The van der Waals surface area contributed by atoms with Crippen LogP contribution in [0.15, 0.2) is 30.3 Å². The second-order valence-corrected chi connectivity index (χ2v) is 8.28. The van der Waals surface area contributed by atoms with E-state index >= 15 is 0 Å². The molecule has 0 radical (unpaired) electrons. The lowest BCUT2D eigenvalue weighted by Crippen LogP contribution is -2.44. The van der Waals surface area contributed by atoms with Crippen LogP contribution in [0.4, 0.5) is 0 Å². The van der Waals surface area contributed by atoms with E-state index in [2.05, 4.69) is 0 Å². The number of ether oxygens (including phenoxy) is 6. The number of methoxy groups -OCH3 is 1. The van der Waals surface area contributed by atoms with E-state index in [1.807, 2.05) is 50.4 Å². The number of hydrogen-bond acceptors (Lipinski definition) is 8. The molecule has 2 heterocycles. The Bertz CT molecular complexity index is 626. The zero-order valence-corrected chi connectivity index (χ0v) is 17.6. The van der Waals surface area contributed by atoms with Crippen molar-refractivity contribution in [2.75, 3.05) is 20.0 Å². The van der Waals surface area contributed by atoms with Crippen LogP contribution in [0.1, 0.15) is 19.4 Å². The van der Waals surface area contributed by atoms with E-state index in [1.54, 1.807) is 7.11 Å². The van der Waals surface area contributed by atoms with Crippen molar-refractivity contribution in [2.45, 2.75) is 56.9 Å². The van der Waals surface area contributed by atoms with Crippen molar-refractivity contribution >= 4 is 28.4 Å². The van der Waals surface area contributed by atoms with Crippen molar-refractivity contribution in [3.05, 3.63) is 35.9 Å². The van der Waals surface area contributed by atoms with E-state index < -0.39 is 30.4 Å². The summed E-state index contributed by atoms with van der Waals surface area (Å²) in [5, 5.41) is 0. The highest BCUT2D eigenvalue weighted by molar-refractivity contribution is 8.22. The van der Waals surface area contributed by atoms with Gasteiger partial charge in [-0.2, -0.15) is 0 Å². The highest BCUT2D eigenvalue weighted by Gasteiger charge is 2.54. The fourth-order valence-corrected chi connectivity index (χ4v) is 3.57. The Morgan fingerprint density at radius 1 is 1.26 bits per heavy atom. The van der Waals surface area contributed by atoms with Crippen molar-refractivity contribution < 1.29 is 28.4 Å². The largest absolute Gasteiger partial charge is 0.467 e. The molecule has 8 heteroatoms. The lowest BCUT2D eigenvalue weighted by molar-refractivity contribution is -0.185. The highest BCUT2D eigenvalue weighted by atomic mass is 32.2. The van der Waals surface area contributed by atoms with Crippen molar-refractivity contribution in [3.8, 4) is 0 Å². The highest BCUT2D eigenvalue weighted by Crippen LogP contribution is 2.36. The quantitative estimate of drug-likeness (QED) is 0.658. The smallest absolute Gasteiger partial charge is 0.220 e. The summed E-state index contributed by atoms with van der Waals surface area (Å²) in [4.78, 5) is 0. The maximum absolute atomic E-state index is 6.24. The van der Waals surface area contributed by atoms with Crippen molar-refractivity contribution in [2.24, 2.45) is 0 Å². The molecule has 2 aliphatic heterocycles. The zero-order valence-electron chi connectivity index (χ0n) is 16.0. The zero-order chi connectivity index (χ0) is 19.4. The molecule has 2 aliphatic rings. The van der Waals surface area contributed by atoms with Gasteiger partial charge in [-0.3, -0.25) is 0 Å². The third kappa shape index (κ3) is 5.20. The minimum absolute atomic E-state index is 0.283. The maximum Gasteiger partial charge on any atom is 0.220 e. The molecule has 2 fully saturated rings. The standard InChI is InChI=1S/C19H26O6S2/c1-19(2)22-11-13(25-19)14-15(21-10-12-8-6-5-7-9-12)16(17(20-3)23-14)24-18(26)27-4/h5-9,13-17H,10-11H2,1-4H3/t13-,14+,15+,16-,17-/m1/s1. The topological polar surface area (TPSA) is 55.4 Å². The Kier molecular flexibility index (Phi) is 7.13. The monoisotopic (exact) mass is 414 g/mol. The first kappa shape index (κ1) is 21.0. The Morgan fingerprint density at radius 3 is 2.59 bits per heavy atom. The van der Waals surface area contributed by atoms with Gasteiger partial charge in [-0.05, 0) is 37.9 Å². The molecular weight excluding hydrogens is 388 g/mol. The summed E-state index contributed by atoms with van der Waals surface area (Å²) in [6.45, 7) is 4.60. The molecule has 0 N–H and O–H groups in total. The van der Waals surface area contributed by atoms with Crippen LogP contribution in [-0.2, 0) is 35.0 Å². The number of thiocarbonyl (C=S) groups is 1. The van der Waals surface area contributed by atoms with E-state index in [1.165, 1.54) is 11.8 Å². The normalized spacial score (nSPS) is 32.5. The maximum atomic E-state index is 6.24. The van der Waals surface area contributed by atoms with Gasteiger partial charge in [-0.15, -0.1) is 0 Å². The average molecular weight is 415 g/mol. The van der Waals surface area contributed by atoms with Gasteiger partial charge in [-0.1, -0.05) is 42.1 Å². The predicted octanol–water partition coefficient (Wildman–Crippen LogP) is 3.13. The average Bonchev–Trinajstić information content (AvgIpc) is 3.20. The van der Waals surface area contributed by atoms with E-state index in [-0.39, 0.29) is 6.10 Å². The second-order valence-electron chi connectivity index (χ2n) is 6.87. The van der Waals surface area contributed by atoms with Gasteiger partial charge < -0.3 is 28.4 Å². The van der Waals surface area contributed by atoms with Crippen LogP contribution in [0.25, 0.3) is 0 Å². The summed E-state index contributed by atoms with van der Waals surface area (Å²) in [7, 11) is 1.58.